The zero-order valence-electron chi connectivity index (χ0n) is 20.4. The first-order valence-corrected chi connectivity index (χ1v) is 10.8. The lowest BCUT2D eigenvalue weighted by Crippen LogP contribution is -2.42. The molecule has 0 aliphatic carbocycles. The van der Waals surface area contributed by atoms with Crippen molar-refractivity contribution in [3.05, 3.63) is 65.2 Å². The molecule has 0 bridgehead atoms. The van der Waals surface area contributed by atoms with Gasteiger partial charge in [0.15, 0.2) is 0 Å². The predicted octanol–water partition coefficient (Wildman–Crippen LogP) is 4.79. The van der Waals surface area contributed by atoms with Crippen LogP contribution in [0.3, 0.4) is 0 Å². The Bertz CT molecular complexity index is 1010. The molecule has 182 valence electrons. The van der Waals surface area contributed by atoms with Gasteiger partial charge < -0.3 is 14.2 Å². The van der Waals surface area contributed by atoms with Crippen LogP contribution in [0.2, 0.25) is 0 Å². The van der Waals surface area contributed by atoms with Crippen molar-refractivity contribution in [1.29, 1.82) is 0 Å². The van der Waals surface area contributed by atoms with Crippen molar-refractivity contribution < 1.29 is 28.6 Å². The third-order valence-electron chi connectivity index (χ3n) is 4.75. The molecule has 9 heteroatoms. The van der Waals surface area contributed by atoms with Crippen molar-refractivity contribution in [1.82, 2.24) is 4.90 Å². The van der Waals surface area contributed by atoms with E-state index in [1.54, 1.807) is 64.1 Å². The summed E-state index contributed by atoms with van der Waals surface area (Å²) in [6, 6.07) is 13.4. The third-order valence-corrected chi connectivity index (χ3v) is 4.75. The molecule has 0 aliphatic heterocycles. The maximum Gasteiger partial charge on any atom is 0.410 e. The maximum atomic E-state index is 12.2. The molecule has 0 aromatic heterocycles. The molecule has 0 spiro atoms. The first-order chi connectivity index (χ1) is 16.0. The number of likely N-dealkylation sites (N-methyl/N-ethyl adjacent to an activating group) is 1. The second kappa shape index (κ2) is 11.9. The Morgan fingerprint density at radius 1 is 0.971 bits per heavy atom. The third kappa shape index (κ3) is 8.31. The minimum atomic E-state index is -0.795. The van der Waals surface area contributed by atoms with Crippen LogP contribution < -0.4 is 4.74 Å². The largest absolute Gasteiger partial charge is 0.489 e. The Morgan fingerprint density at radius 2 is 1.56 bits per heavy atom. The predicted molar refractivity (Wildman–Crippen MR) is 126 cm³/mol. The van der Waals surface area contributed by atoms with Gasteiger partial charge in [-0.25, -0.2) is 9.59 Å². The number of carbonyl (C=O) groups is 3. The highest BCUT2D eigenvalue weighted by Gasteiger charge is 2.26. The molecule has 0 fully saturated rings. The van der Waals surface area contributed by atoms with E-state index in [2.05, 4.69) is 15.0 Å². The maximum absolute atomic E-state index is 12.2. The average Bonchev–Trinajstić information content (AvgIpc) is 2.81. The van der Waals surface area contributed by atoms with E-state index < -0.39 is 23.6 Å². The smallest absolute Gasteiger partial charge is 0.410 e. The second-order valence-corrected chi connectivity index (χ2v) is 8.63. The number of benzene rings is 2. The van der Waals surface area contributed by atoms with Crippen molar-refractivity contribution in [2.45, 2.75) is 52.5 Å². The van der Waals surface area contributed by atoms with Crippen molar-refractivity contribution in [3.8, 4) is 5.75 Å². The zero-order chi connectivity index (χ0) is 25.3. The van der Waals surface area contributed by atoms with Gasteiger partial charge in [0.1, 0.15) is 24.0 Å². The quantitative estimate of drug-likeness (QED) is 0.407. The van der Waals surface area contributed by atoms with E-state index >= 15 is 0 Å². The molecular formula is C25H31N3O6. The Hall–Kier alpha value is -3.75. The van der Waals surface area contributed by atoms with Crippen molar-refractivity contribution in [2.75, 3.05) is 14.2 Å². The number of hydrogen-bond acceptors (Lipinski definition) is 7. The van der Waals surface area contributed by atoms with Crippen LogP contribution in [0.4, 0.5) is 4.79 Å². The molecule has 2 amide bonds. The van der Waals surface area contributed by atoms with Crippen molar-refractivity contribution in [3.63, 3.8) is 0 Å². The van der Waals surface area contributed by atoms with Crippen LogP contribution in [0.25, 0.3) is 0 Å². The molecule has 9 nitrogen and oxygen atoms in total. The summed E-state index contributed by atoms with van der Waals surface area (Å²) in [7, 11) is 2.83. The number of hydrogen-bond donors (Lipinski definition) is 0. The Balaban J connectivity index is 1.83. The summed E-state index contributed by atoms with van der Waals surface area (Å²) in [5.74, 6) is -0.251. The number of ether oxygens (including phenoxy) is 3. The van der Waals surface area contributed by atoms with E-state index in [0.717, 1.165) is 11.1 Å². The topological polar surface area (TPSA) is 107 Å². The fourth-order valence-electron chi connectivity index (χ4n) is 2.64. The van der Waals surface area contributed by atoms with Gasteiger partial charge in [-0.05, 0) is 63.1 Å². The van der Waals surface area contributed by atoms with Gasteiger partial charge in [0.05, 0.1) is 19.2 Å². The standard InChI is InChI=1S/C25H31N3O6/c1-17(28(5)24(31)34-25(2,3)4)22(29)27-26-15-18-9-13-21(14-10-18)33-16-19-7-11-20(12-8-19)23(30)32-6/h7-14,17H,15-16H2,1-6H3/t17-/m0/s1. The molecule has 0 saturated heterocycles. The Kier molecular flexibility index (Phi) is 9.29. The highest BCUT2D eigenvalue weighted by molar-refractivity contribution is 5.89. The van der Waals surface area contributed by atoms with Crippen LogP contribution >= 0.6 is 0 Å². The summed E-state index contributed by atoms with van der Waals surface area (Å²) in [6.07, 6.45) is -0.599. The van der Waals surface area contributed by atoms with Gasteiger partial charge in [-0.1, -0.05) is 24.3 Å². The van der Waals surface area contributed by atoms with Gasteiger partial charge in [0, 0.05) is 7.05 Å². The van der Waals surface area contributed by atoms with Crippen LogP contribution in [0.1, 0.15) is 49.2 Å². The average molecular weight is 470 g/mol. The fraction of sp³-hybridized carbons (Fsp3) is 0.400. The SMILES string of the molecule is COC(=O)c1ccc(COc2ccc(CN=NC(=O)[C@H](C)N(C)C(=O)OC(C)(C)C)cc2)cc1. The lowest BCUT2D eigenvalue weighted by Gasteiger charge is -2.26. The fourth-order valence-corrected chi connectivity index (χ4v) is 2.64. The van der Waals surface area contributed by atoms with Crippen molar-refractivity contribution in [2.24, 2.45) is 10.2 Å². The first-order valence-electron chi connectivity index (χ1n) is 10.8. The van der Waals surface area contributed by atoms with E-state index in [9.17, 15) is 14.4 Å². The monoisotopic (exact) mass is 469 g/mol. The van der Waals surface area contributed by atoms with Crippen LogP contribution in [-0.2, 0) is 27.4 Å². The Morgan fingerprint density at radius 3 is 2.12 bits per heavy atom. The summed E-state index contributed by atoms with van der Waals surface area (Å²) in [5.41, 5.74) is 1.59. The van der Waals surface area contributed by atoms with E-state index in [1.807, 2.05) is 12.1 Å². The van der Waals surface area contributed by atoms with E-state index in [0.29, 0.717) is 17.9 Å². The van der Waals surface area contributed by atoms with Gasteiger partial charge in [-0.3, -0.25) is 9.69 Å². The van der Waals surface area contributed by atoms with E-state index in [-0.39, 0.29) is 12.5 Å². The van der Waals surface area contributed by atoms with Gasteiger partial charge in [0.25, 0.3) is 5.91 Å². The zero-order valence-corrected chi connectivity index (χ0v) is 20.4. The van der Waals surface area contributed by atoms with Gasteiger partial charge in [-0.15, -0.1) is 5.11 Å². The van der Waals surface area contributed by atoms with Gasteiger partial charge >= 0.3 is 12.1 Å². The first kappa shape index (κ1) is 26.5. The van der Waals surface area contributed by atoms with Crippen LogP contribution in [0.15, 0.2) is 58.8 Å². The highest BCUT2D eigenvalue weighted by Crippen LogP contribution is 2.16. The minimum absolute atomic E-state index is 0.212. The lowest BCUT2D eigenvalue weighted by atomic mass is 10.1. The molecule has 0 saturated carbocycles. The van der Waals surface area contributed by atoms with Gasteiger partial charge in [0.2, 0.25) is 0 Å². The van der Waals surface area contributed by atoms with Crippen molar-refractivity contribution >= 4 is 18.0 Å². The van der Waals surface area contributed by atoms with Crippen LogP contribution in [0.5, 0.6) is 5.75 Å². The Labute approximate surface area is 199 Å². The van der Waals surface area contributed by atoms with E-state index in [1.165, 1.54) is 19.1 Å². The number of amides is 2. The summed E-state index contributed by atoms with van der Waals surface area (Å²) in [4.78, 5) is 37.0. The molecule has 2 aromatic rings. The molecular weight excluding hydrogens is 438 g/mol. The van der Waals surface area contributed by atoms with E-state index in [4.69, 9.17) is 9.47 Å². The number of methoxy groups -OCH3 is 1. The summed E-state index contributed by atoms with van der Waals surface area (Å²) < 4.78 is 15.7. The molecule has 2 aromatic carbocycles. The number of esters is 1. The highest BCUT2D eigenvalue weighted by atomic mass is 16.6. The van der Waals surface area contributed by atoms with Crippen LogP contribution in [0, 0.1) is 0 Å². The lowest BCUT2D eigenvalue weighted by molar-refractivity contribution is -0.122. The molecule has 0 unspecified atom stereocenters. The number of nitrogens with zero attached hydrogens (tertiary/aromatic N) is 3. The minimum Gasteiger partial charge on any atom is -0.489 e. The molecule has 0 radical (unpaired) electrons. The summed E-state index contributed by atoms with van der Waals surface area (Å²) in [5, 5.41) is 7.67. The molecule has 0 aliphatic rings. The molecule has 1 atom stereocenters. The number of rotatable bonds is 8. The van der Waals surface area contributed by atoms with Gasteiger partial charge in [-0.2, -0.15) is 5.11 Å². The normalized spacial score (nSPS) is 12.2. The second-order valence-electron chi connectivity index (χ2n) is 8.63. The summed E-state index contributed by atoms with van der Waals surface area (Å²) >= 11 is 0. The number of carbonyl (C=O) groups excluding carboxylic acids is 3. The number of azo groups is 1. The summed E-state index contributed by atoms with van der Waals surface area (Å²) in [6.45, 7) is 7.39. The van der Waals surface area contributed by atoms with Crippen LogP contribution in [-0.4, -0.2) is 48.7 Å². The molecule has 0 heterocycles. The molecule has 34 heavy (non-hydrogen) atoms. The molecule has 2 rings (SSSR count). The molecule has 0 N–H and O–H groups in total.